The molecular weight excluding hydrogens is 228 g/mol. The lowest BCUT2D eigenvalue weighted by atomic mass is 10.0. The van der Waals surface area contributed by atoms with Crippen LogP contribution >= 0.6 is 0 Å². The summed E-state index contributed by atoms with van der Waals surface area (Å²) >= 11 is 0. The highest BCUT2D eigenvalue weighted by atomic mass is 16.3. The number of nitrogens with zero attached hydrogens (tertiary/aromatic N) is 3. The maximum Gasteiger partial charge on any atom is 0.144 e. The fourth-order valence-electron chi connectivity index (χ4n) is 2.46. The molecule has 1 aromatic rings. The number of anilines is 1. The highest BCUT2D eigenvalue weighted by Gasteiger charge is 2.20. The molecule has 100 valence electrons. The van der Waals surface area contributed by atoms with E-state index in [1.165, 1.54) is 25.8 Å². The first-order valence-corrected chi connectivity index (χ1v) is 6.73. The molecule has 0 saturated carbocycles. The second-order valence-corrected chi connectivity index (χ2v) is 4.71. The molecule has 0 bridgehead atoms. The van der Waals surface area contributed by atoms with Crippen LogP contribution in [0.15, 0.2) is 12.4 Å². The van der Waals surface area contributed by atoms with Crippen LogP contribution in [-0.2, 0) is 6.61 Å². The third-order valence-corrected chi connectivity index (χ3v) is 3.54. The molecule has 2 rings (SSSR count). The van der Waals surface area contributed by atoms with Crippen molar-refractivity contribution in [2.24, 2.45) is 0 Å². The number of aromatic nitrogens is 2. The van der Waals surface area contributed by atoms with Crippen molar-refractivity contribution in [2.45, 2.75) is 38.8 Å². The Balaban J connectivity index is 1.85. The van der Waals surface area contributed by atoms with Crippen LogP contribution in [0, 0.1) is 0 Å². The summed E-state index contributed by atoms with van der Waals surface area (Å²) in [6.07, 6.45) is 7.18. The lowest BCUT2D eigenvalue weighted by molar-refractivity contribution is 0.164. The van der Waals surface area contributed by atoms with Crippen molar-refractivity contribution in [3.8, 4) is 0 Å². The van der Waals surface area contributed by atoms with E-state index in [1.807, 2.05) is 0 Å². The Morgan fingerprint density at radius 1 is 1.39 bits per heavy atom. The van der Waals surface area contributed by atoms with Crippen molar-refractivity contribution < 1.29 is 5.11 Å². The van der Waals surface area contributed by atoms with E-state index < -0.39 is 0 Å². The van der Waals surface area contributed by atoms with E-state index >= 15 is 0 Å². The van der Waals surface area contributed by atoms with Gasteiger partial charge in [0.05, 0.1) is 24.7 Å². The van der Waals surface area contributed by atoms with Crippen LogP contribution < -0.4 is 5.32 Å². The predicted octanol–water partition coefficient (Wildman–Crippen LogP) is 1.26. The van der Waals surface area contributed by atoms with E-state index in [2.05, 4.69) is 27.1 Å². The summed E-state index contributed by atoms with van der Waals surface area (Å²) in [7, 11) is 0. The molecule has 2 heterocycles. The lowest BCUT2D eigenvalue weighted by Gasteiger charge is -2.34. The van der Waals surface area contributed by atoms with Crippen LogP contribution in [0.4, 0.5) is 5.82 Å². The second-order valence-electron chi connectivity index (χ2n) is 4.71. The number of likely N-dealkylation sites (N-methyl/N-ethyl adjacent to an activating group) is 1. The van der Waals surface area contributed by atoms with E-state index in [0.717, 1.165) is 18.9 Å². The van der Waals surface area contributed by atoms with Gasteiger partial charge < -0.3 is 10.4 Å². The molecule has 1 unspecified atom stereocenters. The summed E-state index contributed by atoms with van der Waals surface area (Å²) in [4.78, 5) is 10.9. The zero-order valence-corrected chi connectivity index (χ0v) is 11.0. The summed E-state index contributed by atoms with van der Waals surface area (Å²) in [5, 5.41) is 12.2. The molecule has 0 amide bonds. The molecule has 5 heteroatoms. The topological polar surface area (TPSA) is 61.3 Å². The first kappa shape index (κ1) is 13.2. The minimum absolute atomic E-state index is 0.0560. The number of piperidine rings is 1. The molecule has 1 saturated heterocycles. The minimum Gasteiger partial charge on any atom is -0.390 e. The molecule has 1 atom stereocenters. The van der Waals surface area contributed by atoms with E-state index in [9.17, 15) is 0 Å². The molecule has 1 aliphatic rings. The fourth-order valence-corrected chi connectivity index (χ4v) is 2.46. The first-order valence-electron chi connectivity index (χ1n) is 6.73. The molecule has 0 radical (unpaired) electrons. The number of aliphatic hydroxyl groups excluding tert-OH is 1. The fraction of sp³-hybridized carbons (Fsp3) is 0.692. The van der Waals surface area contributed by atoms with Gasteiger partial charge in [0.2, 0.25) is 0 Å². The van der Waals surface area contributed by atoms with Gasteiger partial charge in [-0.3, -0.25) is 9.88 Å². The van der Waals surface area contributed by atoms with Gasteiger partial charge in [-0.05, 0) is 25.9 Å². The SMILES string of the molecule is CCN1CCCCC1CNc1cnc(CO)cn1. The zero-order valence-electron chi connectivity index (χ0n) is 11.0. The molecule has 5 nitrogen and oxygen atoms in total. The number of likely N-dealkylation sites (tertiary alicyclic amines) is 1. The first-order chi connectivity index (χ1) is 8.83. The Morgan fingerprint density at radius 2 is 2.28 bits per heavy atom. The van der Waals surface area contributed by atoms with Gasteiger partial charge in [0.1, 0.15) is 5.82 Å². The van der Waals surface area contributed by atoms with Gasteiger partial charge in [0.15, 0.2) is 0 Å². The Morgan fingerprint density at radius 3 is 2.94 bits per heavy atom. The lowest BCUT2D eigenvalue weighted by Crippen LogP contribution is -2.43. The summed E-state index contributed by atoms with van der Waals surface area (Å²) in [5.74, 6) is 0.786. The van der Waals surface area contributed by atoms with Crippen molar-refractivity contribution in [3.63, 3.8) is 0 Å². The number of aliphatic hydroxyl groups is 1. The van der Waals surface area contributed by atoms with Crippen LogP contribution in [0.3, 0.4) is 0 Å². The maximum atomic E-state index is 8.90. The van der Waals surface area contributed by atoms with E-state index in [4.69, 9.17) is 5.11 Å². The smallest absolute Gasteiger partial charge is 0.144 e. The summed E-state index contributed by atoms with van der Waals surface area (Å²) in [6.45, 7) is 5.40. The third-order valence-electron chi connectivity index (χ3n) is 3.54. The highest BCUT2D eigenvalue weighted by Crippen LogP contribution is 2.16. The van der Waals surface area contributed by atoms with Crippen LogP contribution in [0.25, 0.3) is 0 Å². The molecular formula is C13H22N4O. The van der Waals surface area contributed by atoms with Gasteiger partial charge >= 0.3 is 0 Å². The molecule has 2 N–H and O–H groups in total. The quantitative estimate of drug-likeness (QED) is 0.823. The second kappa shape index (κ2) is 6.66. The van der Waals surface area contributed by atoms with Crippen LogP contribution in [0.5, 0.6) is 0 Å². The number of nitrogens with one attached hydrogen (secondary N) is 1. The molecule has 0 spiro atoms. The van der Waals surface area contributed by atoms with Crippen molar-refractivity contribution in [1.29, 1.82) is 0 Å². The van der Waals surface area contributed by atoms with Crippen LogP contribution in [0.2, 0.25) is 0 Å². The predicted molar refractivity (Wildman–Crippen MR) is 71.3 cm³/mol. The number of hydrogen-bond donors (Lipinski definition) is 2. The zero-order chi connectivity index (χ0) is 12.8. The van der Waals surface area contributed by atoms with Gasteiger partial charge in [0, 0.05) is 12.6 Å². The Hall–Kier alpha value is -1.20. The summed E-state index contributed by atoms with van der Waals surface area (Å²) < 4.78 is 0. The van der Waals surface area contributed by atoms with Gasteiger partial charge in [0.25, 0.3) is 0 Å². The normalized spacial score (nSPS) is 20.9. The summed E-state index contributed by atoms with van der Waals surface area (Å²) in [5.41, 5.74) is 0.605. The summed E-state index contributed by atoms with van der Waals surface area (Å²) in [6, 6.07) is 0.600. The Kier molecular flexibility index (Phi) is 4.90. The van der Waals surface area contributed by atoms with Crippen LogP contribution in [0.1, 0.15) is 31.9 Å². The van der Waals surface area contributed by atoms with E-state index in [-0.39, 0.29) is 6.61 Å². The molecule has 1 aromatic heterocycles. The van der Waals surface area contributed by atoms with Crippen molar-refractivity contribution in [1.82, 2.24) is 14.9 Å². The van der Waals surface area contributed by atoms with Gasteiger partial charge in [-0.1, -0.05) is 13.3 Å². The van der Waals surface area contributed by atoms with E-state index in [0.29, 0.717) is 11.7 Å². The van der Waals surface area contributed by atoms with Crippen molar-refractivity contribution >= 4 is 5.82 Å². The largest absolute Gasteiger partial charge is 0.390 e. The van der Waals surface area contributed by atoms with Crippen molar-refractivity contribution in [3.05, 3.63) is 18.1 Å². The molecule has 1 fully saturated rings. The molecule has 1 aliphatic heterocycles. The minimum atomic E-state index is -0.0560. The van der Waals surface area contributed by atoms with Crippen molar-refractivity contribution in [2.75, 3.05) is 25.0 Å². The standard InChI is InChI=1S/C13H22N4O/c1-2-17-6-4-3-5-12(17)8-16-13-9-14-11(10-18)7-15-13/h7,9,12,18H,2-6,8,10H2,1H3,(H,15,16). The third kappa shape index (κ3) is 3.40. The molecule has 18 heavy (non-hydrogen) atoms. The number of hydrogen-bond acceptors (Lipinski definition) is 5. The maximum absolute atomic E-state index is 8.90. The van der Waals surface area contributed by atoms with Gasteiger partial charge in [-0.25, -0.2) is 4.98 Å². The van der Waals surface area contributed by atoms with Crippen LogP contribution in [-0.4, -0.2) is 45.7 Å². The van der Waals surface area contributed by atoms with E-state index in [1.54, 1.807) is 12.4 Å². The monoisotopic (exact) mass is 250 g/mol. The Labute approximate surface area is 108 Å². The highest BCUT2D eigenvalue weighted by molar-refractivity contribution is 5.31. The van der Waals surface area contributed by atoms with Gasteiger partial charge in [-0.2, -0.15) is 0 Å². The molecule has 0 aromatic carbocycles. The average Bonchev–Trinajstić information content (AvgIpc) is 2.46. The molecule has 0 aliphatic carbocycles. The average molecular weight is 250 g/mol. The Bertz CT molecular complexity index is 355. The number of rotatable bonds is 5. The van der Waals surface area contributed by atoms with Gasteiger partial charge in [-0.15, -0.1) is 0 Å².